The maximum atomic E-state index is 12.5. The van der Waals surface area contributed by atoms with Crippen LogP contribution in [-0.2, 0) is 6.18 Å². The van der Waals surface area contributed by atoms with Gasteiger partial charge in [-0.25, -0.2) is 4.98 Å². The molecule has 1 aromatic carbocycles. The summed E-state index contributed by atoms with van der Waals surface area (Å²) in [5.74, 6) is 0.0719. The number of aromatic nitrogens is 1. The molecular formula is C15H13ClF3N3. The molecule has 3 nitrogen and oxygen atoms in total. The maximum absolute atomic E-state index is 12.5. The third-order valence-electron chi connectivity index (χ3n) is 3.03. The van der Waals surface area contributed by atoms with Crippen molar-refractivity contribution < 1.29 is 13.2 Å². The molecule has 1 aromatic heterocycles. The molecule has 0 aliphatic heterocycles. The van der Waals surface area contributed by atoms with Gasteiger partial charge in [-0.2, -0.15) is 18.3 Å². The van der Waals surface area contributed by atoms with E-state index in [0.29, 0.717) is 11.9 Å². The Morgan fingerprint density at radius 1 is 1.27 bits per heavy atom. The first-order valence-corrected chi connectivity index (χ1v) is 6.76. The van der Waals surface area contributed by atoms with Gasteiger partial charge in [0.15, 0.2) is 5.82 Å². The molecule has 2 aromatic rings. The first-order chi connectivity index (χ1) is 10.3. The summed E-state index contributed by atoms with van der Waals surface area (Å²) in [5, 5.41) is 3.97. The van der Waals surface area contributed by atoms with Crippen LogP contribution >= 0.6 is 11.6 Å². The number of hydrogen-bond donors (Lipinski definition) is 1. The van der Waals surface area contributed by atoms with Gasteiger partial charge in [-0.1, -0.05) is 35.9 Å². The Hall–Kier alpha value is -2.08. The fourth-order valence-electron chi connectivity index (χ4n) is 1.85. The zero-order valence-electron chi connectivity index (χ0n) is 11.9. The van der Waals surface area contributed by atoms with Gasteiger partial charge in [-0.15, -0.1) is 0 Å². The fourth-order valence-corrected chi connectivity index (χ4v) is 2.06. The van der Waals surface area contributed by atoms with E-state index >= 15 is 0 Å². The molecule has 22 heavy (non-hydrogen) atoms. The molecule has 2 rings (SSSR count). The van der Waals surface area contributed by atoms with Gasteiger partial charge in [-0.05, 0) is 25.5 Å². The minimum Gasteiger partial charge on any atom is -0.260 e. The second kappa shape index (κ2) is 6.36. The van der Waals surface area contributed by atoms with Crippen molar-refractivity contribution >= 4 is 23.1 Å². The number of nitrogens with zero attached hydrogens (tertiary/aromatic N) is 2. The lowest BCUT2D eigenvalue weighted by Crippen LogP contribution is -2.07. The van der Waals surface area contributed by atoms with Crippen LogP contribution in [0.2, 0.25) is 5.02 Å². The van der Waals surface area contributed by atoms with E-state index in [0.717, 1.165) is 17.2 Å². The Kier molecular flexibility index (Phi) is 4.71. The van der Waals surface area contributed by atoms with Crippen LogP contribution < -0.4 is 5.43 Å². The standard InChI is InChI=1S/C15H13ClF3N3/c1-9-5-3-4-6-12(9)10(2)21-22-14-13(16)7-11(8-20-14)15(17,18)19/h3-8H,1-2H3,(H,20,22)/b21-10-. The molecule has 116 valence electrons. The van der Waals surface area contributed by atoms with Crippen molar-refractivity contribution in [2.24, 2.45) is 5.10 Å². The summed E-state index contributed by atoms with van der Waals surface area (Å²) in [5.41, 5.74) is 4.34. The quantitative estimate of drug-likeness (QED) is 0.643. The Balaban J connectivity index is 2.21. The van der Waals surface area contributed by atoms with E-state index in [1.807, 2.05) is 31.2 Å². The van der Waals surface area contributed by atoms with E-state index in [1.165, 1.54) is 0 Å². The molecule has 0 unspecified atom stereocenters. The van der Waals surface area contributed by atoms with Crippen LogP contribution in [-0.4, -0.2) is 10.7 Å². The zero-order chi connectivity index (χ0) is 16.3. The van der Waals surface area contributed by atoms with Crippen molar-refractivity contribution in [1.29, 1.82) is 0 Å². The predicted octanol–water partition coefficient (Wildman–Crippen LogP) is 4.90. The number of halogens is 4. The van der Waals surface area contributed by atoms with Crippen molar-refractivity contribution in [3.63, 3.8) is 0 Å². The van der Waals surface area contributed by atoms with Crippen molar-refractivity contribution in [2.45, 2.75) is 20.0 Å². The molecule has 1 N–H and O–H groups in total. The number of pyridine rings is 1. The minimum atomic E-state index is -4.48. The van der Waals surface area contributed by atoms with Gasteiger partial charge in [-0.3, -0.25) is 5.43 Å². The Morgan fingerprint density at radius 2 is 1.95 bits per heavy atom. The topological polar surface area (TPSA) is 37.3 Å². The summed E-state index contributed by atoms with van der Waals surface area (Å²) < 4.78 is 37.6. The number of alkyl halides is 3. The van der Waals surface area contributed by atoms with Gasteiger partial charge in [0.05, 0.1) is 16.3 Å². The van der Waals surface area contributed by atoms with Gasteiger partial charge in [0.25, 0.3) is 0 Å². The normalized spacial score (nSPS) is 12.4. The largest absolute Gasteiger partial charge is 0.417 e. The van der Waals surface area contributed by atoms with Crippen molar-refractivity contribution in [2.75, 3.05) is 5.43 Å². The van der Waals surface area contributed by atoms with E-state index < -0.39 is 11.7 Å². The van der Waals surface area contributed by atoms with Gasteiger partial charge >= 0.3 is 6.18 Å². The minimum absolute atomic E-state index is 0.0719. The van der Waals surface area contributed by atoms with E-state index in [9.17, 15) is 13.2 Å². The smallest absolute Gasteiger partial charge is 0.260 e. The lowest BCUT2D eigenvalue weighted by atomic mass is 10.1. The zero-order valence-corrected chi connectivity index (χ0v) is 12.6. The molecule has 0 amide bonds. The third kappa shape index (κ3) is 3.76. The third-order valence-corrected chi connectivity index (χ3v) is 3.32. The second-order valence-corrected chi connectivity index (χ2v) is 5.08. The first-order valence-electron chi connectivity index (χ1n) is 6.38. The van der Waals surface area contributed by atoms with E-state index in [4.69, 9.17) is 11.6 Å². The predicted molar refractivity (Wildman–Crippen MR) is 81.3 cm³/mol. The Morgan fingerprint density at radius 3 is 2.55 bits per heavy atom. The molecule has 0 bridgehead atoms. The van der Waals surface area contributed by atoms with Crippen LogP contribution in [0.15, 0.2) is 41.6 Å². The highest BCUT2D eigenvalue weighted by Gasteiger charge is 2.31. The molecule has 0 saturated heterocycles. The number of benzene rings is 1. The monoisotopic (exact) mass is 327 g/mol. The summed E-state index contributed by atoms with van der Waals surface area (Å²) >= 11 is 5.80. The van der Waals surface area contributed by atoms with E-state index in [-0.39, 0.29) is 10.8 Å². The van der Waals surface area contributed by atoms with Crippen LogP contribution in [0.5, 0.6) is 0 Å². The lowest BCUT2D eigenvalue weighted by Gasteiger charge is -2.09. The molecule has 7 heteroatoms. The Bertz CT molecular complexity index is 711. The molecule has 1 heterocycles. The summed E-state index contributed by atoms with van der Waals surface area (Å²) in [7, 11) is 0. The maximum Gasteiger partial charge on any atom is 0.417 e. The van der Waals surface area contributed by atoms with Gasteiger partial charge in [0, 0.05) is 11.8 Å². The van der Waals surface area contributed by atoms with Crippen LogP contribution in [0, 0.1) is 6.92 Å². The summed E-state index contributed by atoms with van der Waals surface area (Å²) in [6, 6.07) is 8.45. The van der Waals surface area contributed by atoms with Crippen LogP contribution in [0.1, 0.15) is 23.6 Å². The number of nitrogens with one attached hydrogen (secondary N) is 1. The highest BCUT2D eigenvalue weighted by atomic mass is 35.5. The fraction of sp³-hybridized carbons (Fsp3) is 0.200. The lowest BCUT2D eigenvalue weighted by molar-refractivity contribution is -0.137. The van der Waals surface area contributed by atoms with Crippen molar-refractivity contribution in [1.82, 2.24) is 4.98 Å². The van der Waals surface area contributed by atoms with Crippen LogP contribution in [0.25, 0.3) is 0 Å². The van der Waals surface area contributed by atoms with Crippen LogP contribution in [0.4, 0.5) is 19.0 Å². The summed E-state index contributed by atoms with van der Waals surface area (Å²) in [6.07, 6.45) is -3.76. The van der Waals surface area contributed by atoms with Crippen LogP contribution in [0.3, 0.4) is 0 Å². The highest BCUT2D eigenvalue weighted by Crippen LogP contribution is 2.32. The van der Waals surface area contributed by atoms with Gasteiger partial charge in [0.1, 0.15) is 0 Å². The number of hydrazone groups is 1. The molecule has 0 spiro atoms. The summed E-state index contributed by atoms with van der Waals surface area (Å²) in [4.78, 5) is 3.66. The molecule has 0 fully saturated rings. The molecule has 0 saturated carbocycles. The average molecular weight is 328 g/mol. The Labute approximate surface area is 130 Å². The first kappa shape index (κ1) is 16.3. The molecule has 0 aliphatic rings. The SMILES string of the molecule is C/C(=N/Nc1ncc(C(F)(F)F)cc1Cl)c1ccccc1C. The number of hydrogen-bond acceptors (Lipinski definition) is 3. The highest BCUT2D eigenvalue weighted by molar-refractivity contribution is 6.33. The number of aryl methyl sites for hydroxylation is 1. The van der Waals surface area contributed by atoms with Crippen molar-refractivity contribution in [3.05, 3.63) is 58.2 Å². The molecule has 0 aliphatic carbocycles. The second-order valence-electron chi connectivity index (χ2n) is 4.68. The summed E-state index contributed by atoms with van der Waals surface area (Å²) in [6.45, 7) is 3.73. The molecule has 0 atom stereocenters. The molecule has 0 radical (unpaired) electrons. The average Bonchev–Trinajstić information content (AvgIpc) is 2.45. The number of rotatable bonds is 3. The van der Waals surface area contributed by atoms with Gasteiger partial charge in [0.2, 0.25) is 0 Å². The molecular weight excluding hydrogens is 315 g/mol. The van der Waals surface area contributed by atoms with E-state index in [1.54, 1.807) is 6.92 Å². The van der Waals surface area contributed by atoms with Gasteiger partial charge < -0.3 is 0 Å². The van der Waals surface area contributed by atoms with E-state index in [2.05, 4.69) is 15.5 Å². The number of anilines is 1. The van der Waals surface area contributed by atoms with Crippen molar-refractivity contribution in [3.8, 4) is 0 Å².